The summed E-state index contributed by atoms with van der Waals surface area (Å²) in [5.74, 6) is -0.783. The van der Waals surface area contributed by atoms with Gasteiger partial charge in [0.1, 0.15) is 10.7 Å². The summed E-state index contributed by atoms with van der Waals surface area (Å²) in [5.41, 5.74) is 3.96. The van der Waals surface area contributed by atoms with Crippen molar-refractivity contribution in [1.29, 1.82) is 0 Å². The number of nitrogens with zero attached hydrogens (tertiary/aromatic N) is 1. The Balaban J connectivity index is 2.24. The fourth-order valence-corrected chi connectivity index (χ4v) is 3.69. The van der Waals surface area contributed by atoms with Crippen molar-refractivity contribution < 1.29 is 22.7 Å². The van der Waals surface area contributed by atoms with Crippen LogP contribution in [0.1, 0.15) is 12.8 Å². The first kappa shape index (κ1) is 16.2. The molecule has 1 fully saturated rings. The van der Waals surface area contributed by atoms with E-state index in [0.717, 1.165) is 10.4 Å². The lowest BCUT2D eigenvalue weighted by Crippen LogP contribution is -2.47. The van der Waals surface area contributed by atoms with Crippen molar-refractivity contribution in [2.75, 3.05) is 32.5 Å². The minimum atomic E-state index is -3.96. The molecule has 1 aliphatic heterocycles. The molecule has 0 amide bonds. The van der Waals surface area contributed by atoms with Gasteiger partial charge in [0.15, 0.2) is 0 Å². The number of hydrogen-bond acceptors (Lipinski definition) is 5. The molecule has 1 saturated heterocycles. The monoisotopic (exact) mass is 318 g/mol. The molecular weight excluding hydrogens is 299 g/mol. The number of anilines is 1. The molecular formula is C13H19FN2O4S. The third kappa shape index (κ3) is 3.34. The Morgan fingerprint density at radius 3 is 2.67 bits per heavy atom. The zero-order valence-electron chi connectivity index (χ0n) is 11.8. The minimum absolute atomic E-state index is 0.0886. The topological polar surface area (TPSA) is 92.9 Å². The first-order chi connectivity index (χ1) is 9.76. The molecule has 8 heteroatoms. The summed E-state index contributed by atoms with van der Waals surface area (Å²) in [7, 11) is -2.62. The molecule has 1 aromatic rings. The molecule has 1 heterocycles. The van der Waals surface area contributed by atoms with Gasteiger partial charge >= 0.3 is 0 Å². The Morgan fingerprint density at radius 1 is 1.43 bits per heavy atom. The van der Waals surface area contributed by atoms with Crippen molar-refractivity contribution in [3.63, 3.8) is 0 Å². The first-order valence-corrected chi connectivity index (χ1v) is 8.01. The van der Waals surface area contributed by atoms with E-state index in [-0.39, 0.29) is 11.4 Å². The molecule has 3 N–H and O–H groups in total. The maximum atomic E-state index is 13.4. The molecule has 0 bridgehead atoms. The van der Waals surface area contributed by atoms with Crippen molar-refractivity contribution >= 4 is 15.7 Å². The Hall–Kier alpha value is -1.22. The summed E-state index contributed by atoms with van der Waals surface area (Å²) in [5, 5.41) is 10.4. The van der Waals surface area contributed by atoms with E-state index in [1.165, 1.54) is 19.2 Å². The van der Waals surface area contributed by atoms with E-state index < -0.39 is 27.1 Å². The number of aliphatic hydroxyl groups is 1. The van der Waals surface area contributed by atoms with Crippen LogP contribution in [-0.4, -0.2) is 50.2 Å². The number of sulfonamides is 1. The van der Waals surface area contributed by atoms with Crippen LogP contribution in [0.15, 0.2) is 23.1 Å². The van der Waals surface area contributed by atoms with Gasteiger partial charge in [0.2, 0.25) is 10.0 Å². The molecule has 0 unspecified atom stereocenters. The second-order valence-corrected chi connectivity index (χ2v) is 7.26. The van der Waals surface area contributed by atoms with Crippen molar-refractivity contribution in [3.8, 4) is 0 Å². The number of nitrogen functional groups attached to an aromatic ring is 1. The third-order valence-electron chi connectivity index (χ3n) is 3.64. The van der Waals surface area contributed by atoms with Crippen LogP contribution < -0.4 is 5.73 Å². The zero-order chi connectivity index (χ0) is 15.7. The fraction of sp³-hybridized carbons (Fsp3) is 0.538. The summed E-state index contributed by atoms with van der Waals surface area (Å²) in [6.45, 7) is 0.674. The Bertz CT molecular complexity index is 615. The molecule has 0 saturated carbocycles. The lowest BCUT2D eigenvalue weighted by atomic mass is 9.95. The van der Waals surface area contributed by atoms with E-state index in [9.17, 15) is 17.9 Å². The lowest BCUT2D eigenvalue weighted by Gasteiger charge is -2.35. The standard InChI is InChI=1S/C13H19FN2O4S/c1-16(9-13(17)5-7-20-8-6-13)21(18,19)11-4-2-3-10(14)12(11)15/h2-4,17H,5-9,15H2,1H3. The molecule has 0 radical (unpaired) electrons. The molecule has 0 atom stereocenters. The molecule has 0 aliphatic carbocycles. The van der Waals surface area contributed by atoms with Gasteiger partial charge in [-0.1, -0.05) is 6.07 Å². The molecule has 0 aromatic heterocycles. The highest BCUT2D eigenvalue weighted by atomic mass is 32.2. The number of hydrogen-bond donors (Lipinski definition) is 2. The quantitative estimate of drug-likeness (QED) is 0.792. The van der Waals surface area contributed by atoms with Gasteiger partial charge in [-0.25, -0.2) is 12.8 Å². The minimum Gasteiger partial charge on any atom is -0.395 e. The highest BCUT2D eigenvalue weighted by Crippen LogP contribution is 2.27. The van der Waals surface area contributed by atoms with Crippen molar-refractivity contribution in [2.24, 2.45) is 0 Å². The van der Waals surface area contributed by atoms with Crippen LogP contribution in [-0.2, 0) is 14.8 Å². The Morgan fingerprint density at radius 2 is 2.05 bits per heavy atom. The molecule has 2 rings (SSSR count). The fourth-order valence-electron chi connectivity index (χ4n) is 2.32. The molecule has 21 heavy (non-hydrogen) atoms. The van der Waals surface area contributed by atoms with E-state index in [4.69, 9.17) is 10.5 Å². The van der Waals surface area contributed by atoms with Crippen LogP contribution in [0.2, 0.25) is 0 Å². The largest absolute Gasteiger partial charge is 0.395 e. The van der Waals surface area contributed by atoms with Gasteiger partial charge in [0, 0.05) is 39.6 Å². The highest BCUT2D eigenvalue weighted by molar-refractivity contribution is 7.89. The average molecular weight is 318 g/mol. The maximum Gasteiger partial charge on any atom is 0.245 e. The van der Waals surface area contributed by atoms with Gasteiger partial charge in [-0.2, -0.15) is 4.31 Å². The maximum absolute atomic E-state index is 13.4. The Kier molecular flexibility index (Phi) is 4.52. The van der Waals surface area contributed by atoms with Crippen LogP contribution in [0.25, 0.3) is 0 Å². The summed E-state index contributed by atoms with van der Waals surface area (Å²) in [6, 6.07) is 3.63. The second-order valence-electron chi connectivity index (χ2n) is 5.25. The predicted molar refractivity (Wildman–Crippen MR) is 75.6 cm³/mol. The molecule has 6 nitrogen and oxygen atoms in total. The number of para-hydroxylation sites is 1. The van der Waals surface area contributed by atoms with Crippen molar-refractivity contribution in [2.45, 2.75) is 23.3 Å². The third-order valence-corrected chi connectivity index (χ3v) is 5.50. The second kappa shape index (κ2) is 5.88. The van der Waals surface area contributed by atoms with Gasteiger partial charge in [0.25, 0.3) is 0 Å². The van der Waals surface area contributed by atoms with Crippen molar-refractivity contribution in [3.05, 3.63) is 24.0 Å². The van der Waals surface area contributed by atoms with E-state index in [2.05, 4.69) is 0 Å². The van der Waals surface area contributed by atoms with Gasteiger partial charge < -0.3 is 15.6 Å². The van der Waals surface area contributed by atoms with E-state index in [1.807, 2.05) is 0 Å². The average Bonchev–Trinajstić information content (AvgIpc) is 2.42. The Labute approximate surface area is 123 Å². The molecule has 0 spiro atoms. The van der Waals surface area contributed by atoms with Gasteiger partial charge in [0.05, 0.1) is 11.3 Å². The smallest absolute Gasteiger partial charge is 0.245 e. The normalized spacial score (nSPS) is 18.9. The summed E-state index contributed by atoms with van der Waals surface area (Å²) in [6.07, 6.45) is 0.705. The van der Waals surface area contributed by atoms with Crippen LogP contribution in [0.4, 0.5) is 10.1 Å². The van der Waals surface area contributed by atoms with Crippen LogP contribution >= 0.6 is 0 Å². The van der Waals surface area contributed by atoms with E-state index in [0.29, 0.717) is 26.1 Å². The molecule has 1 aromatic carbocycles. The number of rotatable bonds is 4. The number of ether oxygens (including phenoxy) is 1. The number of nitrogens with two attached hydrogens (primary N) is 1. The highest BCUT2D eigenvalue weighted by Gasteiger charge is 2.35. The van der Waals surface area contributed by atoms with Crippen LogP contribution in [0.3, 0.4) is 0 Å². The van der Waals surface area contributed by atoms with Crippen molar-refractivity contribution in [1.82, 2.24) is 4.31 Å². The summed E-state index contributed by atoms with van der Waals surface area (Å²) < 4.78 is 44.5. The van der Waals surface area contributed by atoms with Crippen LogP contribution in [0, 0.1) is 5.82 Å². The SMILES string of the molecule is CN(CC1(O)CCOCC1)S(=O)(=O)c1cccc(F)c1N. The number of halogens is 1. The van der Waals surface area contributed by atoms with Gasteiger partial charge in [-0.05, 0) is 12.1 Å². The predicted octanol–water partition coefficient (Wildman–Crippen LogP) is 0.570. The number of likely N-dealkylation sites (N-methyl/N-ethyl adjacent to an activating group) is 1. The summed E-state index contributed by atoms with van der Waals surface area (Å²) >= 11 is 0. The van der Waals surface area contributed by atoms with Crippen LogP contribution in [0.5, 0.6) is 0 Å². The lowest BCUT2D eigenvalue weighted by molar-refractivity contribution is -0.0689. The first-order valence-electron chi connectivity index (χ1n) is 6.57. The van der Waals surface area contributed by atoms with Gasteiger partial charge in [-0.3, -0.25) is 0 Å². The van der Waals surface area contributed by atoms with Gasteiger partial charge in [-0.15, -0.1) is 0 Å². The zero-order valence-corrected chi connectivity index (χ0v) is 12.6. The number of benzene rings is 1. The molecule has 118 valence electrons. The molecule has 1 aliphatic rings. The summed E-state index contributed by atoms with van der Waals surface area (Å²) in [4.78, 5) is -0.291. The van der Waals surface area contributed by atoms with E-state index >= 15 is 0 Å². The van der Waals surface area contributed by atoms with E-state index in [1.54, 1.807) is 0 Å².